The number of benzene rings is 1. The van der Waals surface area contributed by atoms with Crippen molar-refractivity contribution in [3.63, 3.8) is 0 Å². The number of halogens is 1. The first-order valence-corrected chi connectivity index (χ1v) is 5.41. The normalized spacial score (nSPS) is 11.0. The molecule has 0 radical (unpaired) electrons. The summed E-state index contributed by atoms with van der Waals surface area (Å²) in [4.78, 5) is 3.34. The second-order valence-electron chi connectivity index (χ2n) is 3.36. The van der Waals surface area contributed by atoms with E-state index < -0.39 is 0 Å². The quantitative estimate of drug-likeness (QED) is 0.694. The standard InChI is InChI=1S/C11H8BrN3/c12-8-6-13-15-11(8)10-5-7-3-1-2-4-9(7)14-10/h1-6,14H,(H,13,15). The highest BCUT2D eigenvalue weighted by Gasteiger charge is 2.07. The Hall–Kier alpha value is -1.55. The van der Waals surface area contributed by atoms with Gasteiger partial charge in [-0.2, -0.15) is 5.10 Å². The number of aromatic amines is 2. The molecule has 0 aliphatic heterocycles. The summed E-state index contributed by atoms with van der Waals surface area (Å²) in [5.74, 6) is 0. The number of H-pyrrole nitrogens is 2. The zero-order valence-corrected chi connectivity index (χ0v) is 9.38. The number of nitrogens with zero attached hydrogens (tertiary/aromatic N) is 1. The van der Waals surface area contributed by atoms with Gasteiger partial charge in [0.1, 0.15) is 0 Å². The number of fused-ring (bicyclic) bond motifs is 1. The molecule has 1 aromatic carbocycles. The Balaban J connectivity index is 2.24. The average molecular weight is 262 g/mol. The van der Waals surface area contributed by atoms with E-state index in [2.05, 4.69) is 49.3 Å². The zero-order valence-electron chi connectivity index (χ0n) is 7.79. The molecule has 0 spiro atoms. The number of hydrogen-bond donors (Lipinski definition) is 2. The van der Waals surface area contributed by atoms with Crippen molar-refractivity contribution in [2.24, 2.45) is 0 Å². The van der Waals surface area contributed by atoms with Crippen molar-refractivity contribution in [1.82, 2.24) is 15.2 Å². The maximum Gasteiger partial charge on any atom is 0.0955 e. The minimum Gasteiger partial charge on any atom is -0.353 e. The van der Waals surface area contributed by atoms with Gasteiger partial charge in [-0.25, -0.2) is 0 Å². The van der Waals surface area contributed by atoms with Crippen molar-refractivity contribution in [2.75, 3.05) is 0 Å². The van der Waals surface area contributed by atoms with E-state index in [0.29, 0.717) is 0 Å². The molecule has 2 heterocycles. The number of aromatic nitrogens is 3. The summed E-state index contributed by atoms with van der Waals surface area (Å²) in [6.07, 6.45) is 1.75. The highest BCUT2D eigenvalue weighted by molar-refractivity contribution is 9.10. The van der Waals surface area contributed by atoms with E-state index in [0.717, 1.165) is 21.4 Å². The van der Waals surface area contributed by atoms with Gasteiger partial charge in [-0.15, -0.1) is 0 Å². The van der Waals surface area contributed by atoms with E-state index in [1.54, 1.807) is 6.20 Å². The predicted molar refractivity (Wildman–Crippen MR) is 63.6 cm³/mol. The van der Waals surface area contributed by atoms with Gasteiger partial charge in [0.15, 0.2) is 0 Å². The average Bonchev–Trinajstić information content (AvgIpc) is 2.82. The van der Waals surface area contributed by atoms with Gasteiger partial charge in [-0.3, -0.25) is 5.10 Å². The predicted octanol–water partition coefficient (Wildman–Crippen LogP) is 3.32. The molecule has 0 atom stereocenters. The Morgan fingerprint density at radius 3 is 2.80 bits per heavy atom. The van der Waals surface area contributed by atoms with Gasteiger partial charge in [0.25, 0.3) is 0 Å². The van der Waals surface area contributed by atoms with Crippen LogP contribution in [-0.4, -0.2) is 15.2 Å². The number of nitrogens with one attached hydrogen (secondary N) is 2. The molecule has 0 aliphatic carbocycles. The SMILES string of the molecule is Brc1cn[nH]c1-c1cc2ccccc2[nH]1. The first-order chi connectivity index (χ1) is 7.34. The smallest absolute Gasteiger partial charge is 0.0955 e. The molecule has 0 bridgehead atoms. The third-order valence-corrected chi connectivity index (χ3v) is 2.99. The van der Waals surface area contributed by atoms with Crippen molar-refractivity contribution in [2.45, 2.75) is 0 Å². The van der Waals surface area contributed by atoms with Crippen LogP contribution in [-0.2, 0) is 0 Å². The Kier molecular flexibility index (Phi) is 1.89. The molecule has 0 aliphatic rings. The molecule has 0 amide bonds. The maximum atomic E-state index is 3.98. The van der Waals surface area contributed by atoms with Gasteiger partial charge < -0.3 is 4.98 Å². The van der Waals surface area contributed by atoms with E-state index in [9.17, 15) is 0 Å². The van der Waals surface area contributed by atoms with Gasteiger partial charge >= 0.3 is 0 Å². The molecular weight excluding hydrogens is 254 g/mol. The Labute approximate surface area is 94.6 Å². The van der Waals surface area contributed by atoms with E-state index in [4.69, 9.17) is 0 Å². The van der Waals surface area contributed by atoms with E-state index in [1.807, 2.05) is 12.1 Å². The van der Waals surface area contributed by atoms with Gasteiger partial charge in [-0.1, -0.05) is 18.2 Å². The highest BCUT2D eigenvalue weighted by atomic mass is 79.9. The third kappa shape index (κ3) is 1.37. The van der Waals surface area contributed by atoms with Crippen LogP contribution in [0.2, 0.25) is 0 Å². The number of hydrogen-bond acceptors (Lipinski definition) is 1. The summed E-state index contributed by atoms with van der Waals surface area (Å²) < 4.78 is 0.967. The van der Waals surface area contributed by atoms with Gasteiger partial charge in [0.2, 0.25) is 0 Å². The molecule has 74 valence electrons. The molecule has 0 saturated heterocycles. The van der Waals surface area contributed by atoms with Crippen LogP contribution in [0.3, 0.4) is 0 Å². The van der Waals surface area contributed by atoms with Crippen molar-refractivity contribution in [1.29, 1.82) is 0 Å². The lowest BCUT2D eigenvalue weighted by Gasteiger charge is -1.91. The zero-order chi connectivity index (χ0) is 10.3. The highest BCUT2D eigenvalue weighted by Crippen LogP contribution is 2.27. The second kappa shape index (κ2) is 3.24. The monoisotopic (exact) mass is 261 g/mol. The maximum absolute atomic E-state index is 3.98. The Morgan fingerprint density at radius 1 is 1.20 bits per heavy atom. The van der Waals surface area contributed by atoms with Crippen LogP contribution in [0.15, 0.2) is 41.0 Å². The first kappa shape index (κ1) is 8.73. The van der Waals surface area contributed by atoms with Crippen LogP contribution in [0.5, 0.6) is 0 Å². The fourth-order valence-electron chi connectivity index (χ4n) is 1.67. The molecule has 2 N–H and O–H groups in total. The number of para-hydroxylation sites is 1. The van der Waals surface area contributed by atoms with Crippen LogP contribution in [0.4, 0.5) is 0 Å². The lowest BCUT2D eigenvalue weighted by atomic mass is 10.2. The molecule has 0 fully saturated rings. The van der Waals surface area contributed by atoms with Crippen LogP contribution in [0.1, 0.15) is 0 Å². The topological polar surface area (TPSA) is 44.5 Å². The minimum absolute atomic E-state index is 0.967. The Morgan fingerprint density at radius 2 is 2.07 bits per heavy atom. The summed E-state index contributed by atoms with van der Waals surface area (Å²) in [6.45, 7) is 0. The third-order valence-electron chi connectivity index (χ3n) is 2.39. The van der Waals surface area contributed by atoms with Crippen molar-refractivity contribution >= 4 is 26.8 Å². The van der Waals surface area contributed by atoms with E-state index in [1.165, 1.54) is 5.39 Å². The minimum atomic E-state index is 0.967. The van der Waals surface area contributed by atoms with Gasteiger partial charge in [0, 0.05) is 10.9 Å². The molecule has 3 rings (SSSR count). The molecule has 2 aromatic heterocycles. The van der Waals surface area contributed by atoms with Crippen LogP contribution >= 0.6 is 15.9 Å². The summed E-state index contributed by atoms with van der Waals surface area (Å²) >= 11 is 3.45. The molecule has 15 heavy (non-hydrogen) atoms. The fourth-order valence-corrected chi connectivity index (χ4v) is 2.07. The van der Waals surface area contributed by atoms with Crippen molar-refractivity contribution < 1.29 is 0 Å². The molecule has 0 unspecified atom stereocenters. The molecule has 3 nitrogen and oxygen atoms in total. The van der Waals surface area contributed by atoms with E-state index >= 15 is 0 Å². The van der Waals surface area contributed by atoms with Gasteiger partial charge in [-0.05, 0) is 28.1 Å². The summed E-state index contributed by atoms with van der Waals surface area (Å²) in [5, 5.41) is 8.13. The van der Waals surface area contributed by atoms with Crippen LogP contribution in [0.25, 0.3) is 22.3 Å². The molecular formula is C11H8BrN3. The number of rotatable bonds is 1. The summed E-state index contributed by atoms with van der Waals surface area (Å²) in [7, 11) is 0. The van der Waals surface area contributed by atoms with Crippen LogP contribution < -0.4 is 0 Å². The van der Waals surface area contributed by atoms with Crippen molar-refractivity contribution in [3.05, 3.63) is 41.0 Å². The van der Waals surface area contributed by atoms with Crippen molar-refractivity contribution in [3.8, 4) is 11.4 Å². The lowest BCUT2D eigenvalue weighted by Crippen LogP contribution is -1.77. The largest absolute Gasteiger partial charge is 0.353 e. The Bertz CT molecular complexity index is 576. The van der Waals surface area contributed by atoms with E-state index in [-0.39, 0.29) is 0 Å². The summed E-state index contributed by atoms with van der Waals surface area (Å²) in [5.41, 5.74) is 3.15. The molecule has 0 saturated carbocycles. The first-order valence-electron chi connectivity index (χ1n) is 4.61. The molecule has 4 heteroatoms. The second-order valence-corrected chi connectivity index (χ2v) is 4.22. The summed E-state index contributed by atoms with van der Waals surface area (Å²) in [6, 6.07) is 10.3. The van der Waals surface area contributed by atoms with Crippen LogP contribution in [0, 0.1) is 0 Å². The fraction of sp³-hybridized carbons (Fsp3) is 0. The molecule has 3 aromatic rings. The van der Waals surface area contributed by atoms with Gasteiger partial charge in [0.05, 0.1) is 22.1 Å². The lowest BCUT2D eigenvalue weighted by molar-refractivity contribution is 1.09.